The van der Waals surface area contributed by atoms with Crippen molar-refractivity contribution in [3.8, 4) is 0 Å². The molecule has 0 aromatic carbocycles. The van der Waals surface area contributed by atoms with Gasteiger partial charge in [0.15, 0.2) is 0 Å². The van der Waals surface area contributed by atoms with Gasteiger partial charge < -0.3 is 10.2 Å². The van der Waals surface area contributed by atoms with Gasteiger partial charge in [-0.1, -0.05) is 0 Å². The van der Waals surface area contributed by atoms with Crippen LogP contribution in [-0.2, 0) is 4.79 Å². The molecule has 6 heteroatoms. The Balaban J connectivity index is 2.26. The maximum Gasteiger partial charge on any atom is 0.257 e. The van der Waals surface area contributed by atoms with Crippen molar-refractivity contribution in [1.82, 2.24) is 15.2 Å². The van der Waals surface area contributed by atoms with Gasteiger partial charge in [0.1, 0.15) is 10.6 Å². The Morgan fingerprint density at radius 1 is 1.65 bits per heavy atom. The number of nitrogens with one attached hydrogen (secondary N) is 1. The molecular weight excluding hydrogens is 286 g/mol. The summed E-state index contributed by atoms with van der Waals surface area (Å²) in [5.74, 6) is -0.295. The molecular formula is C11H12BrN3O2. The summed E-state index contributed by atoms with van der Waals surface area (Å²) in [7, 11) is 0. The summed E-state index contributed by atoms with van der Waals surface area (Å²) in [6, 6.07) is 2.95. The smallest absolute Gasteiger partial charge is 0.257 e. The van der Waals surface area contributed by atoms with Crippen LogP contribution in [0, 0.1) is 0 Å². The second kappa shape index (κ2) is 4.83. The van der Waals surface area contributed by atoms with Crippen LogP contribution in [0.5, 0.6) is 0 Å². The van der Waals surface area contributed by atoms with Crippen molar-refractivity contribution >= 4 is 27.7 Å². The van der Waals surface area contributed by atoms with Crippen LogP contribution in [0.25, 0.3) is 0 Å². The van der Waals surface area contributed by atoms with Crippen molar-refractivity contribution in [2.75, 3.05) is 13.1 Å². The molecule has 2 amide bonds. The summed E-state index contributed by atoms with van der Waals surface area (Å²) in [6.45, 7) is 2.73. The standard InChI is InChI=1S/C11H12BrN3O2/c1-7-10(16)14-5-6-15(7)11(17)8-3-2-4-13-9(8)12/h2-4,7H,5-6H2,1H3,(H,14,16). The quantitative estimate of drug-likeness (QED) is 0.780. The first-order valence-electron chi connectivity index (χ1n) is 5.30. The van der Waals surface area contributed by atoms with Crippen molar-refractivity contribution < 1.29 is 9.59 Å². The molecule has 1 aromatic heterocycles. The zero-order chi connectivity index (χ0) is 12.4. The minimum atomic E-state index is -0.441. The molecule has 1 fully saturated rings. The number of amides is 2. The lowest BCUT2D eigenvalue weighted by atomic mass is 10.1. The molecule has 0 saturated carbocycles. The maximum absolute atomic E-state index is 12.3. The van der Waals surface area contributed by atoms with Crippen molar-refractivity contribution in [2.45, 2.75) is 13.0 Å². The van der Waals surface area contributed by atoms with Crippen LogP contribution in [0.4, 0.5) is 0 Å². The minimum Gasteiger partial charge on any atom is -0.353 e. The second-order valence-corrected chi connectivity index (χ2v) is 4.56. The summed E-state index contributed by atoms with van der Waals surface area (Å²) in [5.41, 5.74) is 0.481. The minimum absolute atomic E-state index is 0.121. The first kappa shape index (κ1) is 12.0. The Labute approximate surface area is 107 Å². The third-order valence-corrected chi connectivity index (χ3v) is 3.38. The van der Waals surface area contributed by atoms with Crippen molar-refractivity contribution in [3.05, 3.63) is 28.5 Å². The summed E-state index contributed by atoms with van der Waals surface area (Å²) < 4.78 is 0.503. The first-order valence-corrected chi connectivity index (χ1v) is 6.09. The number of carbonyl (C=O) groups excluding carboxylic acids is 2. The number of rotatable bonds is 1. The topological polar surface area (TPSA) is 62.3 Å². The molecule has 0 aliphatic carbocycles. The molecule has 1 atom stereocenters. The average Bonchev–Trinajstić information content (AvgIpc) is 2.32. The van der Waals surface area contributed by atoms with E-state index < -0.39 is 6.04 Å². The number of nitrogens with zero attached hydrogens (tertiary/aromatic N) is 2. The number of aromatic nitrogens is 1. The highest BCUT2D eigenvalue weighted by molar-refractivity contribution is 9.10. The Morgan fingerprint density at radius 3 is 3.12 bits per heavy atom. The molecule has 1 aliphatic rings. The van der Waals surface area contributed by atoms with Gasteiger partial charge in [0.2, 0.25) is 5.91 Å². The summed E-state index contributed by atoms with van der Waals surface area (Å²) in [6.07, 6.45) is 1.60. The molecule has 1 unspecified atom stereocenters. The Bertz CT molecular complexity index is 464. The van der Waals surface area contributed by atoms with E-state index >= 15 is 0 Å². The van der Waals surface area contributed by atoms with E-state index in [9.17, 15) is 9.59 Å². The highest BCUT2D eigenvalue weighted by atomic mass is 79.9. The molecule has 0 bridgehead atoms. The number of halogens is 1. The molecule has 0 radical (unpaired) electrons. The fourth-order valence-electron chi connectivity index (χ4n) is 1.76. The van der Waals surface area contributed by atoms with E-state index in [-0.39, 0.29) is 11.8 Å². The van der Waals surface area contributed by atoms with Crippen LogP contribution < -0.4 is 5.32 Å². The molecule has 1 saturated heterocycles. The number of hydrogen-bond acceptors (Lipinski definition) is 3. The van der Waals surface area contributed by atoms with Crippen molar-refractivity contribution in [2.24, 2.45) is 0 Å². The van der Waals surface area contributed by atoms with Crippen LogP contribution in [0.15, 0.2) is 22.9 Å². The predicted molar refractivity (Wildman–Crippen MR) is 65.4 cm³/mol. The van der Waals surface area contributed by atoms with Gasteiger partial charge in [-0.05, 0) is 35.0 Å². The van der Waals surface area contributed by atoms with Gasteiger partial charge in [-0.3, -0.25) is 9.59 Å². The average molecular weight is 298 g/mol. The van der Waals surface area contributed by atoms with Crippen LogP contribution in [-0.4, -0.2) is 40.8 Å². The van der Waals surface area contributed by atoms with E-state index in [2.05, 4.69) is 26.2 Å². The molecule has 90 valence electrons. The van der Waals surface area contributed by atoms with Gasteiger partial charge in [-0.15, -0.1) is 0 Å². The van der Waals surface area contributed by atoms with E-state index in [1.165, 1.54) is 0 Å². The molecule has 17 heavy (non-hydrogen) atoms. The Morgan fingerprint density at radius 2 is 2.41 bits per heavy atom. The SMILES string of the molecule is CC1C(=O)NCCN1C(=O)c1cccnc1Br. The van der Waals surface area contributed by atoms with Gasteiger partial charge in [-0.25, -0.2) is 4.98 Å². The third kappa shape index (κ3) is 2.31. The normalized spacial score (nSPS) is 20.0. The van der Waals surface area contributed by atoms with Gasteiger partial charge in [0.25, 0.3) is 5.91 Å². The zero-order valence-electron chi connectivity index (χ0n) is 9.31. The zero-order valence-corrected chi connectivity index (χ0v) is 10.9. The maximum atomic E-state index is 12.3. The fraction of sp³-hybridized carbons (Fsp3) is 0.364. The van der Waals surface area contributed by atoms with Crippen molar-refractivity contribution in [1.29, 1.82) is 0 Å². The van der Waals surface area contributed by atoms with Crippen LogP contribution in [0.3, 0.4) is 0 Å². The van der Waals surface area contributed by atoms with E-state index in [4.69, 9.17) is 0 Å². The van der Waals surface area contributed by atoms with Gasteiger partial charge in [0, 0.05) is 19.3 Å². The second-order valence-electron chi connectivity index (χ2n) is 3.81. The monoisotopic (exact) mass is 297 g/mol. The number of hydrogen-bond donors (Lipinski definition) is 1. The van der Waals surface area contributed by atoms with Gasteiger partial charge in [-0.2, -0.15) is 0 Å². The highest BCUT2D eigenvalue weighted by Gasteiger charge is 2.30. The summed E-state index contributed by atoms with van der Waals surface area (Å²) in [4.78, 5) is 29.3. The fourth-order valence-corrected chi connectivity index (χ4v) is 2.18. The summed E-state index contributed by atoms with van der Waals surface area (Å²) >= 11 is 3.24. The van der Waals surface area contributed by atoms with E-state index in [1.54, 1.807) is 30.2 Å². The van der Waals surface area contributed by atoms with Crippen LogP contribution in [0.2, 0.25) is 0 Å². The Hall–Kier alpha value is -1.43. The molecule has 1 aromatic rings. The molecule has 0 spiro atoms. The number of piperazine rings is 1. The van der Waals surface area contributed by atoms with Crippen LogP contribution in [0.1, 0.15) is 17.3 Å². The molecule has 2 rings (SSSR count). The number of carbonyl (C=O) groups is 2. The first-order chi connectivity index (χ1) is 8.11. The Kier molecular flexibility index (Phi) is 3.42. The summed E-state index contributed by atoms with van der Waals surface area (Å²) in [5, 5.41) is 2.72. The van der Waals surface area contributed by atoms with E-state index in [0.29, 0.717) is 23.3 Å². The van der Waals surface area contributed by atoms with E-state index in [1.807, 2.05) is 0 Å². The van der Waals surface area contributed by atoms with Gasteiger partial charge >= 0.3 is 0 Å². The van der Waals surface area contributed by atoms with Gasteiger partial charge in [0.05, 0.1) is 5.56 Å². The van der Waals surface area contributed by atoms with Crippen molar-refractivity contribution in [3.63, 3.8) is 0 Å². The number of pyridine rings is 1. The largest absolute Gasteiger partial charge is 0.353 e. The molecule has 2 heterocycles. The third-order valence-electron chi connectivity index (χ3n) is 2.75. The highest BCUT2D eigenvalue weighted by Crippen LogP contribution is 2.17. The van der Waals surface area contributed by atoms with Crippen LogP contribution >= 0.6 is 15.9 Å². The van der Waals surface area contributed by atoms with E-state index in [0.717, 1.165) is 0 Å². The predicted octanol–water partition coefficient (Wildman–Crippen LogP) is 0.805. The lowest BCUT2D eigenvalue weighted by molar-refractivity contribution is -0.127. The molecule has 1 N–H and O–H groups in total. The lowest BCUT2D eigenvalue weighted by Gasteiger charge is -2.32. The lowest BCUT2D eigenvalue weighted by Crippen LogP contribution is -2.55. The molecule has 5 nitrogen and oxygen atoms in total. The molecule has 1 aliphatic heterocycles.